The summed E-state index contributed by atoms with van der Waals surface area (Å²) in [5, 5.41) is 3.78. The molecule has 2 aliphatic rings. The largest absolute Gasteiger partial charge is 0.381 e. The first-order valence-corrected chi connectivity index (χ1v) is 8.25. The molecule has 2 unspecified atom stereocenters. The molecule has 1 aliphatic carbocycles. The van der Waals surface area contributed by atoms with Crippen molar-refractivity contribution in [3.8, 4) is 0 Å². The molecule has 2 rings (SSSR count). The van der Waals surface area contributed by atoms with Crippen molar-refractivity contribution in [2.75, 3.05) is 32.8 Å². The number of hydrogen-bond acceptors (Lipinski definition) is 3. The lowest BCUT2D eigenvalue weighted by atomic mass is 9.97. The lowest BCUT2D eigenvalue weighted by Crippen LogP contribution is -2.47. The monoisotopic (exact) mass is 268 g/mol. The second-order valence-electron chi connectivity index (χ2n) is 6.76. The van der Waals surface area contributed by atoms with Gasteiger partial charge in [-0.1, -0.05) is 20.8 Å². The van der Waals surface area contributed by atoms with E-state index in [1.807, 2.05) is 0 Å². The predicted molar refractivity (Wildman–Crippen MR) is 80.4 cm³/mol. The van der Waals surface area contributed by atoms with Gasteiger partial charge in [0.2, 0.25) is 0 Å². The zero-order valence-electron chi connectivity index (χ0n) is 13.0. The van der Waals surface area contributed by atoms with Gasteiger partial charge in [-0.3, -0.25) is 4.90 Å². The molecular weight excluding hydrogens is 236 g/mol. The maximum absolute atomic E-state index is 5.60. The van der Waals surface area contributed by atoms with Gasteiger partial charge < -0.3 is 10.1 Å². The highest BCUT2D eigenvalue weighted by atomic mass is 16.5. The van der Waals surface area contributed by atoms with Crippen LogP contribution in [0.1, 0.15) is 46.5 Å². The van der Waals surface area contributed by atoms with Crippen LogP contribution in [0.4, 0.5) is 0 Å². The van der Waals surface area contributed by atoms with Crippen molar-refractivity contribution in [3.63, 3.8) is 0 Å². The molecule has 3 heteroatoms. The van der Waals surface area contributed by atoms with Crippen molar-refractivity contribution in [1.82, 2.24) is 10.2 Å². The molecule has 0 radical (unpaired) electrons. The Morgan fingerprint density at radius 3 is 2.53 bits per heavy atom. The summed E-state index contributed by atoms with van der Waals surface area (Å²) in [6.45, 7) is 12.5. The summed E-state index contributed by atoms with van der Waals surface area (Å²) < 4.78 is 5.60. The molecule has 0 aromatic heterocycles. The summed E-state index contributed by atoms with van der Waals surface area (Å²) in [6, 6.07) is 1.50. The summed E-state index contributed by atoms with van der Waals surface area (Å²) in [6.07, 6.45) is 5.28. The van der Waals surface area contributed by atoms with Crippen LogP contribution in [0.25, 0.3) is 0 Å². The van der Waals surface area contributed by atoms with Gasteiger partial charge in [-0.15, -0.1) is 0 Å². The average Bonchev–Trinajstić information content (AvgIpc) is 3.08. The maximum atomic E-state index is 5.60. The molecule has 0 spiro atoms. The fourth-order valence-corrected chi connectivity index (χ4v) is 3.11. The standard InChI is InChI=1S/C16H32N2O/c1-4-8-17-16(14-7-9-19-12-14)11-18(10-13(2)3)15-5-6-15/h13-17H,4-12H2,1-3H3. The Labute approximate surface area is 119 Å². The SMILES string of the molecule is CCCNC(CN(CC(C)C)C1CC1)C1CCOC1. The van der Waals surface area contributed by atoms with Gasteiger partial charge in [-0.2, -0.15) is 0 Å². The van der Waals surface area contributed by atoms with Crippen molar-refractivity contribution >= 4 is 0 Å². The van der Waals surface area contributed by atoms with Crippen LogP contribution in [0.2, 0.25) is 0 Å². The zero-order chi connectivity index (χ0) is 13.7. The van der Waals surface area contributed by atoms with Crippen LogP contribution in [0.15, 0.2) is 0 Å². The minimum absolute atomic E-state index is 0.627. The molecule has 1 saturated carbocycles. The second-order valence-corrected chi connectivity index (χ2v) is 6.76. The Balaban J connectivity index is 1.87. The minimum Gasteiger partial charge on any atom is -0.381 e. The van der Waals surface area contributed by atoms with Crippen molar-refractivity contribution in [1.29, 1.82) is 0 Å². The van der Waals surface area contributed by atoms with E-state index < -0.39 is 0 Å². The Morgan fingerprint density at radius 1 is 1.21 bits per heavy atom. The molecule has 3 nitrogen and oxygen atoms in total. The second kappa shape index (κ2) is 7.61. The quantitative estimate of drug-likeness (QED) is 0.695. The topological polar surface area (TPSA) is 24.5 Å². The third kappa shape index (κ3) is 5.05. The predicted octanol–water partition coefficient (Wildman–Crippen LogP) is 2.51. The maximum Gasteiger partial charge on any atom is 0.0510 e. The van der Waals surface area contributed by atoms with Crippen LogP contribution >= 0.6 is 0 Å². The van der Waals surface area contributed by atoms with Crippen molar-refractivity contribution in [2.24, 2.45) is 11.8 Å². The number of nitrogens with zero attached hydrogens (tertiary/aromatic N) is 1. The molecule has 19 heavy (non-hydrogen) atoms. The highest BCUT2D eigenvalue weighted by Gasteiger charge is 2.33. The number of nitrogens with one attached hydrogen (secondary N) is 1. The first-order valence-electron chi connectivity index (χ1n) is 8.25. The first-order chi connectivity index (χ1) is 9.20. The summed E-state index contributed by atoms with van der Waals surface area (Å²) >= 11 is 0. The van der Waals surface area contributed by atoms with E-state index in [0.29, 0.717) is 6.04 Å². The summed E-state index contributed by atoms with van der Waals surface area (Å²) in [4.78, 5) is 2.73. The molecule has 1 N–H and O–H groups in total. The van der Waals surface area contributed by atoms with E-state index in [-0.39, 0.29) is 0 Å². The van der Waals surface area contributed by atoms with E-state index in [4.69, 9.17) is 4.74 Å². The van der Waals surface area contributed by atoms with Crippen LogP contribution in [0.3, 0.4) is 0 Å². The van der Waals surface area contributed by atoms with E-state index in [1.165, 1.54) is 38.8 Å². The van der Waals surface area contributed by atoms with Crippen LogP contribution in [0, 0.1) is 11.8 Å². The van der Waals surface area contributed by atoms with Crippen LogP contribution in [-0.4, -0.2) is 49.8 Å². The fourth-order valence-electron chi connectivity index (χ4n) is 3.11. The smallest absolute Gasteiger partial charge is 0.0510 e. The Kier molecular flexibility index (Phi) is 6.11. The van der Waals surface area contributed by atoms with Gasteiger partial charge in [0.15, 0.2) is 0 Å². The lowest BCUT2D eigenvalue weighted by Gasteiger charge is -2.32. The molecule has 1 aliphatic heterocycles. The van der Waals surface area contributed by atoms with E-state index >= 15 is 0 Å². The molecule has 0 amide bonds. The molecule has 0 aromatic carbocycles. The van der Waals surface area contributed by atoms with Crippen LogP contribution < -0.4 is 5.32 Å². The molecule has 2 fully saturated rings. The van der Waals surface area contributed by atoms with E-state index in [0.717, 1.165) is 37.6 Å². The number of hydrogen-bond donors (Lipinski definition) is 1. The van der Waals surface area contributed by atoms with Crippen molar-refractivity contribution in [3.05, 3.63) is 0 Å². The molecule has 112 valence electrons. The fraction of sp³-hybridized carbons (Fsp3) is 1.00. The summed E-state index contributed by atoms with van der Waals surface area (Å²) in [7, 11) is 0. The van der Waals surface area contributed by atoms with Gasteiger partial charge in [-0.25, -0.2) is 0 Å². The third-order valence-electron chi connectivity index (χ3n) is 4.28. The molecule has 1 heterocycles. The highest BCUT2D eigenvalue weighted by molar-refractivity contribution is 4.90. The van der Waals surface area contributed by atoms with Gasteiger partial charge in [0.1, 0.15) is 0 Å². The van der Waals surface area contributed by atoms with Gasteiger partial charge in [0.05, 0.1) is 6.61 Å². The minimum atomic E-state index is 0.627. The van der Waals surface area contributed by atoms with E-state index in [2.05, 4.69) is 31.0 Å². The summed E-state index contributed by atoms with van der Waals surface area (Å²) in [5.74, 6) is 1.49. The van der Waals surface area contributed by atoms with Crippen molar-refractivity contribution in [2.45, 2.75) is 58.5 Å². The Bertz CT molecular complexity index is 247. The van der Waals surface area contributed by atoms with Gasteiger partial charge in [-0.05, 0) is 38.1 Å². The van der Waals surface area contributed by atoms with Gasteiger partial charge in [0.25, 0.3) is 0 Å². The molecule has 0 aromatic rings. The van der Waals surface area contributed by atoms with Crippen molar-refractivity contribution < 1.29 is 4.74 Å². The zero-order valence-corrected chi connectivity index (χ0v) is 13.0. The van der Waals surface area contributed by atoms with Gasteiger partial charge >= 0.3 is 0 Å². The molecule has 1 saturated heterocycles. The first kappa shape index (κ1) is 15.3. The Morgan fingerprint density at radius 2 is 2.00 bits per heavy atom. The Hall–Kier alpha value is -0.120. The average molecular weight is 268 g/mol. The van der Waals surface area contributed by atoms with Gasteiger partial charge in [0, 0.05) is 37.7 Å². The third-order valence-corrected chi connectivity index (χ3v) is 4.28. The lowest BCUT2D eigenvalue weighted by molar-refractivity contribution is 0.152. The van der Waals surface area contributed by atoms with Crippen LogP contribution in [-0.2, 0) is 4.74 Å². The number of rotatable bonds is 9. The summed E-state index contributed by atoms with van der Waals surface area (Å²) in [5.41, 5.74) is 0. The van der Waals surface area contributed by atoms with E-state index in [1.54, 1.807) is 0 Å². The highest BCUT2D eigenvalue weighted by Crippen LogP contribution is 2.29. The number of ether oxygens (including phenoxy) is 1. The van der Waals surface area contributed by atoms with Crippen LogP contribution in [0.5, 0.6) is 0 Å². The normalized spacial score (nSPS) is 25.4. The van der Waals surface area contributed by atoms with E-state index in [9.17, 15) is 0 Å². The molecule has 2 atom stereocenters. The molecule has 0 bridgehead atoms. The molecular formula is C16H32N2O.